The maximum absolute atomic E-state index is 2.48. The summed E-state index contributed by atoms with van der Waals surface area (Å²) in [5.41, 5.74) is 0. The fraction of sp³-hybridized carbons (Fsp3) is 0.917. The maximum Gasteiger partial charge on any atom is 0.0559 e. The summed E-state index contributed by atoms with van der Waals surface area (Å²) in [6, 6.07) is 1.72. The molecule has 0 unspecified atom stereocenters. The Morgan fingerprint density at radius 2 is 1.40 bits per heavy atom. The Hall–Kier alpha value is -0.120. The van der Waals surface area contributed by atoms with Crippen molar-refractivity contribution in [2.24, 2.45) is 0 Å². The lowest BCUT2D eigenvalue weighted by Crippen LogP contribution is -2.51. The van der Waals surface area contributed by atoms with Crippen molar-refractivity contribution < 1.29 is 4.48 Å². The first-order valence-corrected chi connectivity index (χ1v) is 6.17. The van der Waals surface area contributed by atoms with Crippen LogP contribution < -0.4 is 0 Å². The Morgan fingerprint density at radius 3 is 1.87 bits per heavy atom. The van der Waals surface area contributed by atoms with Gasteiger partial charge in [0.1, 0.15) is 0 Å². The molecule has 0 N–H and O–H groups in total. The smallest absolute Gasteiger partial charge is 0.0559 e. The van der Waals surface area contributed by atoms with Gasteiger partial charge in [-0.2, -0.15) is 0 Å². The van der Waals surface area contributed by atoms with Crippen molar-refractivity contribution in [3.63, 3.8) is 0 Å². The SMILES string of the molecule is CN1CCC[N+]2(C)CCCN(C)C[C-]2C1. The first-order chi connectivity index (χ1) is 7.10. The van der Waals surface area contributed by atoms with Gasteiger partial charge in [0.2, 0.25) is 0 Å². The topological polar surface area (TPSA) is 6.48 Å². The van der Waals surface area contributed by atoms with Crippen LogP contribution in [-0.4, -0.2) is 74.7 Å². The number of fused-ring (bicyclic) bond motifs is 1. The highest BCUT2D eigenvalue weighted by atomic mass is 15.4. The van der Waals surface area contributed by atoms with Gasteiger partial charge < -0.3 is 14.3 Å². The molecule has 2 rings (SSSR count). The van der Waals surface area contributed by atoms with Gasteiger partial charge in [-0.1, -0.05) is 19.1 Å². The Morgan fingerprint density at radius 1 is 0.933 bits per heavy atom. The predicted octanol–water partition coefficient (Wildman–Crippen LogP) is 0.636. The Bertz CT molecular complexity index is 199. The van der Waals surface area contributed by atoms with Crippen LogP contribution >= 0.6 is 0 Å². The lowest BCUT2D eigenvalue weighted by atomic mass is 10.2. The minimum Gasteiger partial charge on any atom is -0.453 e. The third kappa shape index (κ3) is 2.52. The third-order valence-electron chi connectivity index (χ3n) is 4.05. The molecule has 2 aliphatic heterocycles. The van der Waals surface area contributed by atoms with E-state index in [1.54, 1.807) is 6.04 Å². The molecule has 0 aliphatic carbocycles. The van der Waals surface area contributed by atoms with Crippen LogP contribution in [0.1, 0.15) is 12.8 Å². The van der Waals surface area contributed by atoms with E-state index in [1.807, 2.05) is 0 Å². The Balaban J connectivity index is 2.13. The van der Waals surface area contributed by atoms with Gasteiger partial charge in [0.25, 0.3) is 0 Å². The lowest BCUT2D eigenvalue weighted by Gasteiger charge is -2.51. The van der Waals surface area contributed by atoms with E-state index in [2.05, 4.69) is 30.9 Å². The normalized spacial score (nSPS) is 30.6. The molecule has 0 aromatic rings. The Kier molecular flexibility index (Phi) is 3.33. The average Bonchev–Trinajstić information content (AvgIpc) is 2.34. The van der Waals surface area contributed by atoms with Crippen LogP contribution in [0.25, 0.3) is 0 Å². The van der Waals surface area contributed by atoms with E-state index in [1.165, 1.54) is 56.6 Å². The Labute approximate surface area is 94.2 Å². The molecule has 3 heteroatoms. The van der Waals surface area contributed by atoms with Crippen LogP contribution in [0.2, 0.25) is 0 Å². The van der Waals surface area contributed by atoms with Gasteiger partial charge in [0, 0.05) is 33.0 Å². The van der Waals surface area contributed by atoms with Crippen LogP contribution in [0.15, 0.2) is 0 Å². The number of hydrogen-bond acceptors (Lipinski definition) is 2. The van der Waals surface area contributed by atoms with Crippen LogP contribution in [-0.2, 0) is 0 Å². The second kappa shape index (κ2) is 4.40. The molecular weight excluding hydrogens is 186 g/mol. The van der Waals surface area contributed by atoms with Crippen molar-refractivity contribution in [2.45, 2.75) is 12.8 Å². The first-order valence-electron chi connectivity index (χ1n) is 6.17. The lowest BCUT2D eigenvalue weighted by molar-refractivity contribution is -0.895. The second-order valence-electron chi connectivity index (χ2n) is 5.59. The highest BCUT2D eigenvalue weighted by molar-refractivity contribution is 4.90. The first kappa shape index (κ1) is 11.4. The van der Waals surface area contributed by atoms with Crippen molar-refractivity contribution >= 4 is 0 Å². The molecule has 2 heterocycles. The molecule has 2 saturated heterocycles. The third-order valence-corrected chi connectivity index (χ3v) is 4.05. The summed E-state index contributed by atoms with van der Waals surface area (Å²) in [5.74, 6) is 0. The molecule has 0 bridgehead atoms. The van der Waals surface area contributed by atoms with E-state index in [0.717, 1.165) is 0 Å². The highest BCUT2D eigenvalue weighted by Crippen LogP contribution is 2.26. The van der Waals surface area contributed by atoms with Crippen molar-refractivity contribution in [1.29, 1.82) is 0 Å². The van der Waals surface area contributed by atoms with Gasteiger partial charge in [-0.15, -0.1) is 0 Å². The molecule has 0 radical (unpaired) electrons. The molecule has 0 atom stereocenters. The summed E-state index contributed by atoms with van der Waals surface area (Å²) in [6.45, 7) is 7.60. The van der Waals surface area contributed by atoms with E-state index in [4.69, 9.17) is 0 Å². The molecule has 0 spiro atoms. The number of hydrogen-bond donors (Lipinski definition) is 0. The predicted molar refractivity (Wildman–Crippen MR) is 63.4 cm³/mol. The molecule has 2 aliphatic rings. The summed E-state index contributed by atoms with van der Waals surface area (Å²) in [6.07, 6.45) is 2.69. The zero-order valence-electron chi connectivity index (χ0n) is 10.5. The summed E-state index contributed by atoms with van der Waals surface area (Å²) >= 11 is 0. The zero-order chi connectivity index (χ0) is 10.9. The summed E-state index contributed by atoms with van der Waals surface area (Å²) < 4.78 is 1.23. The molecule has 0 saturated carbocycles. The molecular formula is C12H25N3. The van der Waals surface area contributed by atoms with Gasteiger partial charge >= 0.3 is 0 Å². The number of rotatable bonds is 0. The largest absolute Gasteiger partial charge is 0.453 e. The van der Waals surface area contributed by atoms with E-state index in [-0.39, 0.29) is 0 Å². The number of nitrogens with zero attached hydrogens (tertiary/aromatic N) is 3. The van der Waals surface area contributed by atoms with Crippen LogP contribution in [0, 0.1) is 6.04 Å². The minimum atomic E-state index is 1.20. The monoisotopic (exact) mass is 211 g/mol. The van der Waals surface area contributed by atoms with E-state index < -0.39 is 0 Å². The van der Waals surface area contributed by atoms with E-state index in [0.29, 0.717) is 0 Å². The fourth-order valence-corrected chi connectivity index (χ4v) is 2.98. The minimum absolute atomic E-state index is 1.20. The highest BCUT2D eigenvalue weighted by Gasteiger charge is 2.28. The van der Waals surface area contributed by atoms with Crippen molar-refractivity contribution in [3.8, 4) is 0 Å². The number of likely N-dealkylation sites (N-methyl/N-ethyl adjacent to an activating group) is 3. The molecule has 3 nitrogen and oxygen atoms in total. The van der Waals surface area contributed by atoms with E-state index >= 15 is 0 Å². The number of quaternary nitrogens is 1. The van der Waals surface area contributed by atoms with Crippen molar-refractivity contribution in [2.75, 3.05) is 60.4 Å². The van der Waals surface area contributed by atoms with Gasteiger partial charge in [0.15, 0.2) is 0 Å². The zero-order valence-corrected chi connectivity index (χ0v) is 10.5. The molecule has 15 heavy (non-hydrogen) atoms. The second-order valence-corrected chi connectivity index (χ2v) is 5.59. The quantitative estimate of drug-likeness (QED) is 0.428. The van der Waals surface area contributed by atoms with Crippen molar-refractivity contribution in [3.05, 3.63) is 6.04 Å². The van der Waals surface area contributed by atoms with Gasteiger partial charge in [-0.25, -0.2) is 0 Å². The molecule has 0 aromatic carbocycles. The maximum atomic E-state index is 2.48. The summed E-state index contributed by atoms with van der Waals surface area (Å²) in [7, 11) is 6.95. The molecule has 0 aromatic heterocycles. The van der Waals surface area contributed by atoms with Gasteiger partial charge in [-0.3, -0.25) is 0 Å². The van der Waals surface area contributed by atoms with Crippen molar-refractivity contribution in [1.82, 2.24) is 9.80 Å². The summed E-state index contributed by atoms with van der Waals surface area (Å²) in [4.78, 5) is 4.97. The molecule has 0 amide bonds. The van der Waals surface area contributed by atoms with E-state index in [9.17, 15) is 0 Å². The average molecular weight is 211 g/mol. The fourth-order valence-electron chi connectivity index (χ4n) is 2.98. The van der Waals surface area contributed by atoms with Gasteiger partial charge in [-0.05, 0) is 14.1 Å². The molecule has 2 fully saturated rings. The summed E-state index contributed by atoms with van der Waals surface area (Å²) in [5, 5.41) is 0. The van der Waals surface area contributed by atoms with Crippen LogP contribution in [0.4, 0.5) is 0 Å². The molecule has 88 valence electrons. The standard InChI is InChI=1S/C12H25N3/c1-13-6-4-8-15(3)9-5-7-14(2)11-12(15)10-13/h4-11H2,1-3H3. The van der Waals surface area contributed by atoms with Crippen LogP contribution in [0.3, 0.4) is 0 Å². The van der Waals surface area contributed by atoms with Gasteiger partial charge in [0.05, 0.1) is 13.1 Å². The van der Waals surface area contributed by atoms with Crippen LogP contribution in [0.5, 0.6) is 0 Å².